The molecule has 1 aliphatic heterocycles. The number of imidazole rings is 1. The lowest BCUT2D eigenvalue weighted by molar-refractivity contribution is 0.551. The predicted molar refractivity (Wildman–Crippen MR) is 85.7 cm³/mol. The first-order valence-corrected chi connectivity index (χ1v) is 7.57. The van der Waals surface area contributed by atoms with Crippen molar-refractivity contribution in [1.82, 2.24) is 24.0 Å². The van der Waals surface area contributed by atoms with E-state index in [4.69, 9.17) is 0 Å². The highest BCUT2D eigenvalue weighted by Crippen LogP contribution is 2.20. The standard InChI is InChI=1S/C14H22N6O2/c1-9(2)20-11-10(12(21)18(4)14(20)22)17(3)13(16-11)19-7-5-15-6-8-19/h9,15H,5-8H2,1-4H3. The number of aryl methyl sites for hydroxylation is 1. The summed E-state index contributed by atoms with van der Waals surface area (Å²) < 4.78 is 4.55. The maximum Gasteiger partial charge on any atom is 0.332 e. The van der Waals surface area contributed by atoms with Gasteiger partial charge in [0.2, 0.25) is 5.95 Å². The molecule has 0 aliphatic carbocycles. The van der Waals surface area contributed by atoms with Crippen LogP contribution in [-0.2, 0) is 14.1 Å². The minimum atomic E-state index is -0.322. The molecule has 2 aromatic rings. The van der Waals surface area contributed by atoms with Gasteiger partial charge in [0.05, 0.1) is 0 Å². The van der Waals surface area contributed by atoms with Gasteiger partial charge < -0.3 is 14.8 Å². The summed E-state index contributed by atoms with van der Waals surface area (Å²) in [6.45, 7) is 7.29. The first-order valence-electron chi connectivity index (χ1n) is 7.57. The minimum absolute atomic E-state index is 0.0624. The molecule has 120 valence electrons. The van der Waals surface area contributed by atoms with Gasteiger partial charge in [0, 0.05) is 46.3 Å². The molecule has 0 bridgehead atoms. The Bertz CT molecular complexity index is 822. The molecule has 0 atom stereocenters. The van der Waals surface area contributed by atoms with Crippen molar-refractivity contribution in [2.45, 2.75) is 19.9 Å². The Kier molecular flexibility index (Phi) is 3.56. The molecule has 1 fully saturated rings. The highest BCUT2D eigenvalue weighted by molar-refractivity contribution is 5.74. The molecule has 8 nitrogen and oxygen atoms in total. The number of hydrogen-bond acceptors (Lipinski definition) is 5. The van der Waals surface area contributed by atoms with Crippen molar-refractivity contribution >= 4 is 17.1 Å². The summed E-state index contributed by atoms with van der Waals surface area (Å²) in [6.07, 6.45) is 0. The third-order valence-electron chi connectivity index (χ3n) is 4.20. The van der Waals surface area contributed by atoms with Gasteiger partial charge in [-0.1, -0.05) is 0 Å². The van der Waals surface area contributed by atoms with Gasteiger partial charge in [0.15, 0.2) is 11.2 Å². The van der Waals surface area contributed by atoms with Gasteiger partial charge in [-0.05, 0) is 13.8 Å². The van der Waals surface area contributed by atoms with Gasteiger partial charge in [-0.15, -0.1) is 0 Å². The van der Waals surface area contributed by atoms with Crippen LogP contribution < -0.4 is 21.5 Å². The van der Waals surface area contributed by atoms with Crippen molar-refractivity contribution < 1.29 is 0 Å². The number of rotatable bonds is 2. The Morgan fingerprint density at radius 3 is 2.32 bits per heavy atom. The Labute approximate surface area is 128 Å². The molecule has 3 rings (SSSR count). The third kappa shape index (κ3) is 2.06. The predicted octanol–water partition coefficient (Wildman–Crippen LogP) is -0.576. The largest absolute Gasteiger partial charge is 0.340 e. The lowest BCUT2D eigenvalue weighted by Crippen LogP contribution is -2.44. The van der Waals surface area contributed by atoms with Crippen LogP contribution >= 0.6 is 0 Å². The zero-order chi connectivity index (χ0) is 16.0. The Morgan fingerprint density at radius 1 is 1.09 bits per heavy atom. The van der Waals surface area contributed by atoms with Gasteiger partial charge in [-0.2, -0.15) is 4.98 Å². The Hall–Kier alpha value is -2.09. The van der Waals surface area contributed by atoms with Crippen molar-refractivity contribution in [3.63, 3.8) is 0 Å². The van der Waals surface area contributed by atoms with Gasteiger partial charge in [0.25, 0.3) is 5.56 Å². The number of hydrogen-bond donors (Lipinski definition) is 1. The van der Waals surface area contributed by atoms with Crippen molar-refractivity contribution in [2.75, 3.05) is 31.1 Å². The zero-order valence-electron chi connectivity index (χ0n) is 13.5. The number of aromatic nitrogens is 4. The third-order valence-corrected chi connectivity index (χ3v) is 4.20. The summed E-state index contributed by atoms with van der Waals surface area (Å²) in [6, 6.07) is -0.0624. The summed E-state index contributed by atoms with van der Waals surface area (Å²) in [5, 5.41) is 3.30. The summed E-state index contributed by atoms with van der Waals surface area (Å²) in [5.41, 5.74) is 0.328. The molecule has 3 heterocycles. The van der Waals surface area contributed by atoms with E-state index in [1.165, 1.54) is 7.05 Å². The molecule has 0 unspecified atom stereocenters. The molecular weight excluding hydrogens is 284 g/mol. The highest BCUT2D eigenvalue weighted by Gasteiger charge is 2.23. The second-order valence-corrected chi connectivity index (χ2v) is 5.99. The van der Waals surface area contributed by atoms with E-state index < -0.39 is 0 Å². The molecule has 0 saturated carbocycles. The van der Waals surface area contributed by atoms with E-state index in [1.54, 1.807) is 9.13 Å². The van der Waals surface area contributed by atoms with Crippen LogP contribution in [0.25, 0.3) is 11.2 Å². The maximum absolute atomic E-state index is 12.5. The highest BCUT2D eigenvalue weighted by atomic mass is 16.2. The van der Waals surface area contributed by atoms with Crippen molar-refractivity contribution in [3.8, 4) is 0 Å². The van der Waals surface area contributed by atoms with E-state index in [2.05, 4.69) is 15.2 Å². The normalized spacial score (nSPS) is 16.0. The van der Waals surface area contributed by atoms with Crippen LogP contribution in [0.5, 0.6) is 0 Å². The van der Waals surface area contributed by atoms with Crippen LogP contribution in [-0.4, -0.2) is 44.9 Å². The molecule has 2 aromatic heterocycles. The summed E-state index contributed by atoms with van der Waals surface area (Å²) in [5.74, 6) is 0.744. The number of nitrogens with zero attached hydrogens (tertiary/aromatic N) is 5. The van der Waals surface area contributed by atoms with Gasteiger partial charge >= 0.3 is 5.69 Å². The quantitative estimate of drug-likeness (QED) is 0.803. The van der Waals surface area contributed by atoms with Crippen LogP contribution in [0.4, 0.5) is 5.95 Å². The van der Waals surface area contributed by atoms with E-state index in [1.807, 2.05) is 20.9 Å². The summed E-state index contributed by atoms with van der Waals surface area (Å²) >= 11 is 0. The summed E-state index contributed by atoms with van der Waals surface area (Å²) in [7, 11) is 3.35. The molecule has 0 aromatic carbocycles. The van der Waals surface area contributed by atoms with Crippen molar-refractivity contribution in [2.24, 2.45) is 14.1 Å². The Morgan fingerprint density at radius 2 is 1.73 bits per heavy atom. The second kappa shape index (κ2) is 5.28. The molecular formula is C14H22N6O2. The smallest absolute Gasteiger partial charge is 0.332 e. The maximum atomic E-state index is 12.5. The fourth-order valence-electron chi connectivity index (χ4n) is 2.99. The average Bonchev–Trinajstić information content (AvgIpc) is 2.83. The zero-order valence-corrected chi connectivity index (χ0v) is 13.5. The topological polar surface area (TPSA) is 77.1 Å². The van der Waals surface area contributed by atoms with Gasteiger partial charge in [0.1, 0.15) is 0 Å². The van der Waals surface area contributed by atoms with Crippen LogP contribution in [0.3, 0.4) is 0 Å². The number of nitrogens with one attached hydrogen (secondary N) is 1. The first kappa shape index (κ1) is 14.8. The van der Waals surface area contributed by atoms with Crippen LogP contribution in [0, 0.1) is 0 Å². The first-order chi connectivity index (χ1) is 10.4. The van der Waals surface area contributed by atoms with Crippen LogP contribution in [0.2, 0.25) is 0 Å². The van der Waals surface area contributed by atoms with Crippen molar-refractivity contribution in [1.29, 1.82) is 0 Å². The molecule has 0 amide bonds. The van der Waals surface area contributed by atoms with E-state index in [0.717, 1.165) is 36.7 Å². The van der Waals surface area contributed by atoms with Crippen LogP contribution in [0.1, 0.15) is 19.9 Å². The van der Waals surface area contributed by atoms with Crippen molar-refractivity contribution in [3.05, 3.63) is 20.8 Å². The van der Waals surface area contributed by atoms with E-state index in [-0.39, 0.29) is 17.3 Å². The fraction of sp³-hybridized carbons (Fsp3) is 0.643. The van der Waals surface area contributed by atoms with Gasteiger partial charge in [-0.25, -0.2) is 4.79 Å². The number of anilines is 1. The molecule has 22 heavy (non-hydrogen) atoms. The molecule has 0 spiro atoms. The molecule has 0 radical (unpaired) electrons. The molecule has 1 N–H and O–H groups in total. The van der Waals surface area contributed by atoms with Gasteiger partial charge in [-0.3, -0.25) is 13.9 Å². The lowest BCUT2D eigenvalue weighted by atomic mass is 10.3. The van der Waals surface area contributed by atoms with E-state index in [9.17, 15) is 9.59 Å². The number of piperazine rings is 1. The monoisotopic (exact) mass is 306 g/mol. The second-order valence-electron chi connectivity index (χ2n) is 5.99. The average molecular weight is 306 g/mol. The lowest BCUT2D eigenvalue weighted by Gasteiger charge is -2.28. The van der Waals surface area contributed by atoms with E-state index >= 15 is 0 Å². The SMILES string of the molecule is CC(C)n1c(=O)n(C)c(=O)c2c1nc(N1CCNCC1)n2C. The van der Waals surface area contributed by atoms with Crippen LogP contribution in [0.15, 0.2) is 9.59 Å². The molecule has 1 aliphatic rings. The minimum Gasteiger partial charge on any atom is -0.340 e. The van der Waals surface area contributed by atoms with E-state index in [0.29, 0.717) is 11.2 Å². The fourth-order valence-corrected chi connectivity index (χ4v) is 2.99. The molecule has 8 heteroatoms. The summed E-state index contributed by atoms with van der Waals surface area (Å²) in [4.78, 5) is 31.7. The number of fused-ring (bicyclic) bond motifs is 1. The Balaban J connectivity index is 2.33. The molecule has 1 saturated heterocycles.